The smallest absolute Gasteiger partial charge is 0.253 e. The first kappa shape index (κ1) is 13.0. The van der Waals surface area contributed by atoms with Crippen LogP contribution in [0.25, 0.3) is 0 Å². The van der Waals surface area contributed by atoms with E-state index in [-0.39, 0.29) is 17.1 Å². The van der Waals surface area contributed by atoms with Gasteiger partial charge in [0.25, 0.3) is 5.91 Å². The van der Waals surface area contributed by atoms with Crippen molar-refractivity contribution in [2.45, 2.75) is 19.8 Å². The lowest BCUT2D eigenvalue weighted by Gasteiger charge is -2.38. The van der Waals surface area contributed by atoms with Gasteiger partial charge in [-0.3, -0.25) is 4.79 Å². The second-order valence-electron chi connectivity index (χ2n) is 5.32. The Hall–Kier alpha value is -1.42. The molecule has 1 amide bonds. The Morgan fingerprint density at radius 1 is 1.44 bits per heavy atom. The molecule has 0 bridgehead atoms. The second-order valence-corrected chi connectivity index (χ2v) is 5.32. The molecular formula is C14H19FN2O. The number of piperidine rings is 1. The molecule has 0 atom stereocenters. The van der Waals surface area contributed by atoms with E-state index in [1.807, 2.05) is 0 Å². The van der Waals surface area contributed by atoms with Crippen molar-refractivity contribution in [2.75, 3.05) is 19.6 Å². The van der Waals surface area contributed by atoms with Crippen molar-refractivity contribution in [3.63, 3.8) is 0 Å². The van der Waals surface area contributed by atoms with Crippen LogP contribution in [-0.2, 0) is 0 Å². The summed E-state index contributed by atoms with van der Waals surface area (Å²) in [4.78, 5) is 14.0. The van der Waals surface area contributed by atoms with Crippen LogP contribution in [0.4, 0.5) is 4.39 Å². The molecule has 1 aromatic carbocycles. The highest BCUT2D eigenvalue weighted by molar-refractivity contribution is 5.94. The van der Waals surface area contributed by atoms with Gasteiger partial charge in [-0.25, -0.2) is 4.39 Å². The highest BCUT2D eigenvalue weighted by atomic mass is 19.1. The van der Waals surface area contributed by atoms with E-state index >= 15 is 0 Å². The van der Waals surface area contributed by atoms with Crippen LogP contribution in [-0.4, -0.2) is 30.4 Å². The summed E-state index contributed by atoms with van der Waals surface area (Å²) in [6, 6.07) is 5.86. The number of nitrogens with zero attached hydrogens (tertiary/aromatic N) is 1. The summed E-state index contributed by atoms with van der Waals surface area (Å²) in [6.45, 7) is 4.19. The third-order valence-corrected chi connectivity index (χ3v) is 3.82. The van der Waals surface area contributed by atoms with E-state index in [4.69, 9.17) is 5.73 Å². The number of rotatable bonds is 2. The van der Waals surface area contributed by atoms with Crippen molar-refractivity contribution >= 4 is 5.91 Å². The summed E-state index contributed by atoms with van der Waals surface area (Å²) < 4.78 is 13.1. The van der Waals surface area contributed by atoms with Crippen LogP contribution in [0.3, 0.4) is 0 Å². The number of nitrogens with two attached hydrogens (primary N) is 1. The summed E-state index contributed by atoms with van der Waals surface area (Å²) in [7, 11) is 0. The van der Waals surface area contributed by atoms with Crippen LogP contribution in [0.1, 0.15) is 30.1 Å². The Bertz CT molecular complexity index is 439. The molecule has 0 radical (unpaired) electrons. The van der Waals surface area contributed by atoms with Crippen molar-refractivity contribution in [3.8, 4) is 0 Å². The molecule has 2 N–H and O–H groups in total. The second kappa shape index (κ2) is 5.06. The Balaban J connectivity index is 2.04. The molecule has 1 saturated heterocycles. The van der Waals surface area contributed by atoms with Gasteiger partial charge in [-0.05, 0) is 43.0 Å². The molecule has 1 aliphatic rings. The van der Waals surface area contributed by atoms with E-state index in [9.17, 15) is 9.18 Å². The third kappa shape index (κ3) is 2.70. The van der Waals surface area contributed by atoms with Crippen molar-refractivity contribution < 1.29 is 9.18 Å². The quantitative estimate of drug-likeness (QED) is 0.873. The molecule has 0 unspecified atom stereocenters. The Morgan fingerprint density at radius 3 is 2.67 bits per heavy atom. The first-order valence-electron chi connectivity index (χ1n) is 6.29. The van der Waals surface area contributed by atoms with Gasteiger partial charge in [0.15, 0.2) is 0 Å². The lowest BCUT2D eigenvalue weighted by Crippen LogP contribution is -2.44. The molecule has 1 aromatic rings. The monoisotopic (exact) mass is 250 g/mol. The van der Waals surface area contributed by atoms with Gasteiger partial charge in [-0.15, -0.1) is 0 Å². The summed E-state index contributed by atoms with van der Waals surface area (Å²) in [5, 5.41) is 0. The van der Waals surface area contributed by atoms with Crippen LogP contribution in [0.5, 0.6) is 0 Å². The molecule has 3 nitrogen and oxygen atoms in total. The predicted octanol–water partition coefficient (Wildman–Crippen LogP) is 2.03. The fraction of sp³-hybridized carbons (Fsp3) is 0.500. The molecule has 0 spiro atoms. The number of carbonyl (C=O) groups excluding carboxylic acids is 1. The van der Waals surface area contributed by atoms with Gasteiger partial charge in [0.1, 0.15) is 5.82 Å². The number of hydrogen-bond donors (Lipinski definition) is 1. The maximum absolute atomic E-state index is 13.1. The molecule has 4 heteroatoms. The van der Waals surface area contributed by atoms with Gasteiger partial charge in [-0.1, -0.05) is 13.0 Å². The highest BCUT2D eigenvalue weighted by Crippen LogP contribution is 2.30. The third-order valence-electron chi connectivity index (χ3n) is 3.82. The Labute approximate surface area is 107 Å². The zero-order chi connectivity index (χ0) is 13.2. The first-order valence-corrected chi connectivity index (χ1v) is 6.29. The van der Waals surface area contributed by atoms with Crippen molar-refractivity contribution in [3.05, 3.63) is 35.6 Å². The van der Waals surface area contributed by atoms with Gasteiger partial charge in [0, 0.05) is 18.7 Å². The van der Waals surface area contributed by atoms with Gasteiger partial charge < -0.3 is 10.6 Å². The summed E-state index contributed by atoms with van der Waals surface area (Å²) in [6.07, 6.45) is 1.81. The van der Waals surface area contributed by atoms with Gasteiger partial charge in [0.05, 0.1) is 0 Å². The lowest BCUT2D eigenvalue weighted by atomic mass is 9.80. The Morgan fingerprint density at radius 2 is 2.11 bits per heavy atom. The largest absolute Gasteiger partial charge is 0.339 e. The summed E-state index contributed by atoms with van der Waals surface area (Å²) in [5.41, 5.74) is 6.30. The van der Waals surface area contributed by atoms with Crippen molar-refractivity contribution in [1.29, 1.82) is 0 Å². The van der Waals surface area contributed by atoms with E-state index in [0.29, 0.717) is 25.2 Å². The lowest BCUT2D eigenvalue weighted by molar-refractivity contribution is 0.0617. The van der Waals surface area contributed by atoms with Crippen molar-refractivity contribution in [1.82, 2.24) is 4.90 Å². The van der Waals surface area contributed by atoms with Crippen LogP contribution in [0.15, 0.2) is 24.3 Å². The number of halogens is 1. The van der Waals surface area contributed by atoms with Crippen LogP contribution >= 0.6 is 0 Å². The Kier molecular flexibility index (Phi) is 3.66. The molecule has 98 valence electrons. The fourth-order valence-corrected chi connectivity index (χ4v) is 2.26. The summed E-state index contributed by atoms with van der Waals surface area (Å²) >= 11 is 0. The van der Waals surface area contributed by atoms with E-state index in [0.717, 1.165) is 12.8 Å². The zero-order valence-electron chi connectivity index (χ0n) is 10.7. The van der Waals surface area contributed by atoms with E-state index in [1.54, 1.807) is 17.0 Å². The molecule has 0 aliphatic carbocycles. The SMILES string of the molecule is CC1(CN)CCN(C(=O)c2cccc(F)c2)CC1. The minimum Gasteiger partial charge on any atom is -0.339 e. The van der Waals surface area contributed by atoms with Crippen molar-refractivity contribution in [2.24, 2.45) is 11.1 Å². The molecule has 1 fully saturated rings. The normalized spacial score (nSPS) is 18.7. The number of hydrogen-bond acceptors (Lipinski definition) is 2. The van der Waals surface area contributed by atoms with Gasteiger partial charge >= 0.3 is 0 Å². The first-order chi connectivity index (χ1) is 8.54. The standard InChI is InChI=1S/C14H19FN2O/c1-14(10-16)5-7-17(8-6-14)13(18)11-3-2-4-12(15)9-11/h2-4,9H,5-8,10,16H2,1H3. The average molecular weight is 250 g/mol. The van der Waals surface area contributed by atoms with E-state index < -0.39 is 0 Å². The molecule has 0 saturated carbocycles. The zero-order valence-corrected chi connectivity index (χ0v) is 10.7. The summed E-state index contributed by atoms with van der Waals surface area (Å²) in [5.74, 6) is -0.460. The van der Waals surface area contributed by atoms with Crippen LogP contribution in [0.2, 0.25) is 0 Å². The maximum atomic E-state index is 13.1. The number of benzene rings is 1. The molecule has 18 heavy (non-hydrogen) atoms. The molecule has 0 aromatic heterocycles. The topological polar surface area (TPSA) is 46.3 Å². The van der Waals surface area contributed by atoms with Gasteiger partial charge in [0.2, 0.25) is 0 Å². The van der Waals surface area contributed by atoms with Gasteiger partial charge in [-0.2, -0.15) is 0 Å². The predicted molar refractivity (Wildman–Crippen MR) is 68.7 cm³/mol. The van der Waals surface area contributed by atoms with E-state index in [2.05, 4.69) is 6.92 Å². The van der Waals surface area contributed by atoms with Crippen LogP contribution in [0, 0.1) is 11.2 Å². The molecule has 2 rings (SSSR count). The minimum absolute atomic E-state index is 0.0893. The average Bonchev–Trinajstić information content (AvgIpc) is 2.39. The van der Waals surface area contributed by atoms with Crippen LogP contribution < -0.4 is 5.73 Å². The maximum Gasteiger partial charge on any atom is 0.253 e. The number of carbonyl (C=O) groups is 1. The molecule has 1 heterocycles. The highest BCUT2D eigenvalue weighted by Gasteiger charge is 2.30. The molecular weight excluding hydrogens is 231 g/mol. The fourth-order valence-electron chi connectivity index (χ4n) is 2.26. The molecule has 1 aliphatic heterocycles. The van der Waals surface area contributed by atoms with E-state index in [1.165, 1.54) is 12.1 Å². The number of likely N-dealkylation sites (tertiary alicyclic amines) is 1. The number of amides is 1. The minimum atomic E-state index is -0.371.